The SMILES string of the molecule is Cn1c(=O)n(C)c2cc(N3CCCCC3)c(NC(=O)c3sc4ccccc4c3Cl)cc21. The van der Waals surface area contributed by atoms with Gasteiger partial charge in [-0.2, -0.15) is 0 Å². The molecule has 0 unspecified atom stereocenters. The van der Waals surface area contributed by atoms with Gasteiger partial charge >= 0.3 is 5.69 Å². The molecule has 0 spiro atoms. The molecule has 1 aliphatic rings. The number of fused-ring (bicyclic) bond motifs is 2. The fourth-order valence-corrected chi connectivity index (χ4v) is 5.78. The molecule has 4 aromatic rings. The summed E-state index contributed by atoms with van der Waals surface area (Å²) in [6.45, 7) is 1.86. The molecule has 2 aromatic heterocycles. The van der Waals surface area contributed by atoms with Crippen molar-refractivity contribution >= 4 is 61.3 Å². The Labute approximate surface area is 188 Å². The zero-order chi connectivity index (χ0) is 21.7. The van der Waals surface area contributed by atoms with Crippen LogP contribution >= 0.6 is 22.9 Å². The van der Waals surface area contributed by atoms with Gasteiger partial charge in [-0.1, -0.05) is 29.8 Å². The average molecular weight is 455 g/mol. The van der Waals surface area contributed by atoms with E-state index in [-0.39, 0.29) is 11.6 Å². The predicted molar refractivity (Wildman–Crippen MR) is 129 cm³/mol. The summed E-state index contributed by atoms with van der Waals surface area (Å²) in [5.41, 5.74) is 3.20. The van der Waals surface area contributed by atoms with Gasteiger partial charge in [-0.15, -0.1) is 11.3 Å². The van der Waals surface area contributed by atoms with E-state index >= 15 is 0 Å². The number of nitrogens with one attached hydrogen (secondary N) is 1. The molecule has 0 radical (unpaired) electrons. The third kappa shape index (κ3) is 3.32. The molecule has 1 amide bonds. The van der Waals surface area contributed by atoms with Crippen molar-refractivity contribution in [2.45, 2.75) is 19.3 Å². The molecule has 1 aliphatic heterocycles. The van der Waals surface area contributed by atoms with E-state index in [1.165, 1.54) is 17.8 Å². The number of benzene rings is 2. The summed E-state index contributed by atoms with van der Waals surface area (Å²) in [7, 11) is 3.53. The summed E-state index contributed by atoms with van der Waals surface area (Å²) in [5.74, 6) is -0.232. The van der Waals surface area contributed by atoms with E-state index in [4.69, 9.17) is 11.6 Å². The summed E-state index contributed by atoms with van der Waals surface area (Å²) >= 11 is 7.93. The Bertz CT molecular complexity index is 1380. The summed E-state index contributed by atoms with van der Waals surface area (Å²) in [6.07, 6.45) is 3.43. The lowest BCUT2D eigenvalue weighted by molar-refractivity contribution is 0.103. The molecular weight excluding hydrogens is 432 g/mol. The first-order valence-corrected chi connectivity index (χ1v) is 11.6. The lowest BCUT2D eigenvalue weighted by Crippen LogP contribution is -2.30. The van der Waals surface area contributed by atoms with Gasteiger partial charge in [0.25, 0.3) is 5.91 Å². The van der Waals surface area contributed by atoms with Crippen LogP contribution in [0.4, 0.5) is 11.4 Å². The normalized spacial score (nSPS) is 14.5. The van der Waals surface area contributed by atoms with Gasteiger partial charge in [0.15, 0.2) is 0 Å². The van der Waals surface area contributed by atoms with E-state index in [1.54, 1.807) is 23.2 Å². The predicted octanol–water partition coefficient (Wildman–Crippen LogP) is 4.99. The highest BCUT2D eigenvalue weighted by Gasteiger charge is 2.22. The number of amides is 1. The zero-order valence-electron chi connectivity index (χ0n) is 17.4. The van der Waals surface area contributed by atoms with Gasteiger partial charge in [-0.05, 0) is 37.5 Å². The third-order valence-corrected chi connectivity index (χ3v) is 7.75. The summed E-state index contributed by atoms with van der Waals surface area (Å²) in [6, 6.07) is 11.7. The molecule has 8 heteroatoms. The number of aromatic nitrogens is 2. The number of thiophene rings is 1. The van der Waals surface area contributed by atoms with E-state index < -0.39 is 0 Å². The van der Waals surface area contributed by atoms with Crippen LogP contribution in [0.3, 0.4) is 0 Å². The van der Waals surface area contributed by atoms with Crippen LogP contribution in [0, 0.1) is 0 Å². The number of hydrogen-bond acceptors (Lipinski definition) is 4. The second-order valence-electron chi connectivity index (χ2n) is 8.00. The summed E-state index contributed by atoms with van der Waals surface area (Å²) < 4.78 is 4.24. The molecule has 160 valence electrons. The topological polar surface area (TPSA) is 59.3 Å². The second-order valence-corrected chi connectivity index (χ2v) is 9.43. The van der Waals surface area contributed by atoms with E-state index in [1.807, 2.05) is 36.4 Å². The standard InChI is InChI=1S/C23H23ClN4O2S/c1-26-17-12-15(25-22(29)21-20(24)14-8-4-5-9-19(14)31-21)16(28-10-6-3-7-11-28)13-18(17)27(2)23(26)30/h4-5,8-9,12-13H,3,6-7,10-11H2,1-2H3,(H,25,29). The number of anilines is 2. The Morgan fingerprint density at radius 1 is 1.03 bits per heavy atom. The van der Waals surface area contributed by atoms with Crippen LogP contribution in [-0.4, -0.2) is 28.1 Å². The number of nitrogens with zero attached hydrogens (tertiary/aromatic N) is 3. The Balaban J connectivity index is 1.61. The molecule has 2 aromatic carbocycles. The summed E-state index contributed by atoms with van der Waals surface area (Å²) in [4.78, 5) is 28.5. The fraction of sp³-hybridized carbons (Fsp3) is 0.304. The Kier molecular flexibility index (Phi) is 5.02. The van der Waals surface area contributed by atoms with Crippen LogP contribution in [-0.2, 0) is 14.1 Å². The molecule has 5 rings (SSSR count). The van der Waals surface area contributed by atoms with Gasteiger partial charge in [0.2, 0.25) is 0 Å². The van der Waals surface area contributed by atoms with Gasteiger partial charge in [0.1, 0.15) is 4.88 Å². The molecule has 31 heavy (non-hydrogen) atoms. The van der Waals surface area contributed by atoms with E-state index in [0.717, 1.165) is 52.7 Å². The lowest BCUT2D eigenvalue weighted by atomic mass is 10.1. The number of aryl methyl sites for hydroxylation is 2. The highest BCUT2D eigenvalue weighted by Crippen LogP contribution is 2.37. The van der Waals surface area contributed by atoms with E-state index in [9.17, 15) is 9.59 Å². The minimum absolute atomic E-state index is 0.0874. The quantitative estimate of drug-likeness (QED) is 0.474. The Hall–Kier alpha value is -2.77. The van der Waals surface area contributed by atoms with Crippen LogP contribution < -0.4 is 15.9 Å². The van der Waals surface area contributed by atoms with Crippen LogP contribution in [0.25, 0.3) is 21.1 Å². The van der Waals surface area contributed by atoms with Gasteiger partial charge in [0.05, 0.1) is 27.4 Å². The monoisotopic (exact) mass is 454 g/mol. The Morgan fingerprint density at radius 3 is 2.42 bits per heavy atom. The van der Waals surface area contributed by atoms with Crippen molar-refractivity contribution in [3.05, 3.63) is 56.8 Å². The molecular formula is C23H23ClN4O2S. The minimum Gasteiger partial charge on any atom is -0.370 e. The number of hydrogen-bond donors (Lipinski definition) is 1. The molecule has 0 saturated carbocycles. The van der Waals surface area contributed by atoms with Crippen molar-refractivity contribution in [2.75, 3.05) is 23.3 Å². The number of carbonyl (C=O) groups is 1. The van der Waals surface area contributed by atoms with Crippen molar-refractivity contribution in [3.63, 3.8) is 0 Å². The van der Waals surface area contributed by atoms with Crippen molar-refractivity contribution in [1.29, 1.82) is 0 Å². The van der Waals surface area contributed by atoms with Gasteiger partial charge < -0.3 is 10.2 Å². The minimum atomic E-state index is -0.232. The molecule has 0 aliphatic carbocycles. The molecule has 1 N–H and O–H groups in total. The van der Waals surface area contributed by atoms with Gasteiger partial charge in [0, 0.05) is 37.3 Å². The maximum absolute atomic E-state index is 13.3. The second kappa shape index (κ2) is 7.73. The molecule has 0 bridgehead atoms. The maximum atomic E-state index is 13.3. The van der Waals surface area contributed by atoms with E-state index in [2.05, 4.69) is 10.2 Å². The van der Waals surface area contributed by atoms with Crippen LogP contribution in [0.15, 0.2) is 41.2 Å². The first kappa shape index (κ1) is 20.2. The maximum Gasteiger partial charge on any atom is 0.328 e. The largest absolute Gasteiger partial charge is 0.370 e. The number of piperidine rings is 1. The third-order valence-electron chi connectivity index (χ3n) is 6.08. The van der Waals surface area contributed by atoms with Crippen LogP contribution in [0.2, 0.25) is 5.02 Å². The number of halogens is 1. The number of rotatable bonds is 3. The Morgan fingerprint density at radius 2 is 1.71 bits per heavy atom. The highest BCUT2D eigenvalue weighted by atomic mass is 35.5. The van der Waals surface area contributed by atoms with Crippen LogP contribution in [0.1, 0.15) is 28.9 Å². The van der Waals surface area contributed by atoms with Gasteiger partial charge in [-0.25, -0.2) is 4.79 Å². The fourth-order valence-electron chi connectivity index (χ4n) is 4.37. The average Bonchev–Trinajstić information content (AvgIpc) is 3.24. The smallest absolute Gasteiger partial charge is 0.328 e. The van der Waals surface area contributed by atoms with Crippen molar-refractivity contribution in [1.82, 2.24) is 9.13 Å². The lowest BCUT2D eigenvalue weighted by Gasteiger charge is -2.30. The molecule has 0 atom stereocenters. The number of imidazole rings is 1. The number of carbonyl (C=O) groups excluding carboxylic acids is 1. The van der Waals surface area contributed by atoms with Crippen molar-refractivity contribution in [2.24, 2.45) is 14.1 Å². The highest BCUT2D eigenvalue weighted by molar-refractivity contribution is 7.21. The molecule has 1 saturated heterocycles. The summed E-state index contributed by atoms with van der Waals surface area (Å²) in [5, 5.41) is 4.46. The molecule has 6 nitrogen and oxygen atoms in total. The first-order chi connectivity index (χ1) is 15.0. The van der Waals surface area contributed by atoms with Gasteiger partial charge in [-0.3, -0.25) is 13.9 Å². The van der Waals surface area contributed by atoms with Crippen molar-refractivity contribution < 1.29 is 4.79 Å². The zero-order valence-corrected chi connectivity index (χ0v) is 19.0. The van der Waals surface area contributed by atoms with E-state index in [0.29, 0.717) is 15.6 Å². The molecule has 1 fully saturated rings. The molecule has 3 heterocycles. The van der Waals surface area contributed by atoms with Crippen LogP contribution in [0.5, 0.6) is 0 Å². The first-order valence-electron chi connectivity index (χ1n) is 10.4. The van der Waals surface area contributed by atoms with Crippen molar-refractivity contribution in [3.8, 4) is 0 Å².